The third kappa shape index (κ3) is 30.9. The number of carbonyl (C=O) groups excluding carboxylic acids is 3. The zero-order valence-electron chi connectivity index (χ0n) is 94.2. The van der Waals surface area contributed by atoms with Gasteiger partial charge in [-0.2, -0.15) is 6.92 Å². The van der Waals surface area contributed by atoms with Gasteiger partial charge in [0.2, 0.25) is 0 Å². The first-order valence-electron chi connectivity index (χ1n) is 58.2. The number of aliphatic hydroxyl groups excluding tert-OH is 2. The average molecular weight is 2320 g/mol. The van der Waals surface area contributed by atoms with Gasteiger partial charge in [-0.05, 0) is 572 Å². The maximum atomic E-state index is 12.5. The topological polar surface area (TPSA) is 182 Å². The van der Waals surface area contributed by atoms with Crippen LogP contribution in [0.5, 0.6) is 0 Å². The summed E-state index contributed by atoms with van der Waals surface area (Å²) < 4.78 is 10.9. The zero-order valence-corrected chi connectivity index (χ0v) is 107. The molecule has 20 aliphatic carbocycles. The van der Waals surface area contributed by atoms with Crippen molar-refractivity contribution in [2.45, 2.75) is 460 Å². The van der Waals surface area contributed by atoms with Crippen LogP contribution in [0.2, 0.25) is 0 Å². The molecular formula is C120H210BBr2MgO10P5S5. The summed E-state index contributed by atoms with van der Waals surface area (Å²) in [4.78, 5) is 36.4. The van der Waals surface area contributed by atoms with E-state index in [4.69, 9.17) is 11.1 Å². The minimum absolute atomic E-state index is 0. The second kappa shape index (κ2) is 63.7. The van der Waals surface area contributed by atoms with Crippen molar-refractivity contribution in [2.24, 2.45) is 193 Å². The van der Waals surface area contributed by atoms with E-state index in [-0.39, 0.29) is 89.3 Å². The van der Waals surface area contributed by atoms with E-state index >= 15 is 0 Å². The fourth-order valence-corrected chi connectivity index (χ4v) is 39.5. The van der Waals surface area contributed by atoms with Crippen molar-refractivity contribution < 1.29 is 66.7 Å². The van der Waals surface area contributed by atoms with E-state index in [2.05, 4.69) is 205 Å². The number of hydrogen-bond donors (Lipinski definition) is 6. The van der Waals surface area contributed by atoms with Crippen molar-refractivity contribution in [2.75, 3.05) is 45.6 Å². The number of aliphatic hydroxyl groups is 6. The summed E-state index contributed by atoms with van der Waals surface area (Å²) in [5, 5.41) is 60.9. The quantitative estimate of drug-likeness (QED) is 0.0337. The molecule has 144 heavy (non-hydrogen) atoms. The van der Waals surface area contributed by atoms with Gasteiger partial charge in [0.05, 0.1) is 33.8 Å². The predicted molar refractivity (Wildman–Crippen MR) is 639 cm³/mol. The third-order valence-electron chi connectivity index (χ3n) is 45.7. The molecule has 21 fully saturated rings. The molecule has 38 atom stereocenters. The maximum Gasteiger partial charge on any atom is 2.00 e. The summed E-state index contributed by atoms with van der Waals surface area (Å²) in [6.45, 7) is 42.7. The van der Waals surface area contributed by atoms with Crippen molar-refractivity contribution in [3.8, 4) is 0 Å². The number of Topliss-reactive ketones (excluding diaryl/α,β-unsaturated/α-hetero) is 3. The molecule has 20 saturated carbocycles. The van der Waals surface area contributed by atoms with Gasteiger partial charge in [-0.15, -0.1) is 8.58 Å². The van der Waals surface area contributed by atoms with Crippen molar-refractivity contribution >= 4 is 168 Å². The number of allylic oxidation sites excluding steroid dienone is 4. The number of ether oxygens (including phenoxy) is 1. The number of fused-ring (bicyclic) bond motifs is 25. The second-order valence-corrected chi connectivity index (χ2v) is 54.4. The molecule has 21 rings (SSSR count). The van der Waals surface area contributed by atoms with E-state index < -0.39 is 0 Å². The number of thiocarbonyl (C=S) groups is 1. The molecule has 0 amide bonds. The molecule has 2 unspecified atom stereocenters. The first-order chi connectivity index (χ1) is 68.0. The van der Waals surface area contributed by atoms with Gasteiger partial charge in [0.1, 0.15) is 18.6 Å². The number of halogens is 2. The van der Waals surface area contributed by atoms with Crippen LogP contribution < -0.4 is 17.0 Å². The van der Waals surface area contributed by atoms with Gasteiger partial charge in [-0.25, -0.2) is 0 Å². The van der Waals surface area contributed by atoms with Crippen molar-refractivity contribution in [3.63, 3.8) is 0 Å². The number of hydrogen-bond acceptors (Lipinski definition) is 15. The molecule has 1 aliphatic heterocycles. The van der Waals surface area contributed by atoms with E-state index in [1.807, 2.05) is 20.5 Å². The minimum Gasteiger partial charge on any atom is -1.00 e. The Bertz CT molecular complexity index is 3930. The van der Waals surface area contributed by atoms with E-state index in [9.17, 15) is 39.9 Å². The Morgan fingerprint density at radius 3 is 1.07 bits per heavy atom. The Hall–Kier alpha value is 2.60. The SMILES string of the molecule is C.C1CCOC1.C=S.CC=C1CC[C@H]2[C@@H]3CC[C@H]4CC(=O)CC[C@@H]4[C@H]3CC[C@]12C.CC=C1CC[C@H]2[C@@H]3CC[C@H]4C[C@@](O)(CC)CC[C@@H]4[C@H]3CC[C@]12C.CC[C@@]1(O)CC[C@H]2[C@@H](CC[C@@H]3[C@@H]2CC[C@]2(C)C(C(C)O)CC[C@@H]32)C1.CC[C@@]1(O)CC[C@H]2[C@@H](CC[C@@H]3[C@@H]2CC[C@]2(C)[C@@H](C(=O)CBr)CC[C@@H]32)C1.CC[C@@]1(O)CC[C@H]2[C@@H](CC[C@@H]3[C@@H]2CC[C@]2(C)[C@@H](C(C)=O)CC[C@@H]32)C1.CO.CP=S.CPC.P=S.[2H]P=S.[B]P=S.[Br-].[CH2-]C.[Mg+2]. The molecule has 1 saturated heterocycles. The summed E-state index contributed by atoms with van der Waals surface area (Å²) in [6.07, 6.45) is 67.8. The normalized spacial score (nSPS) is 45.0. The van der Waals surface area contributed by atoms with Gasteiger partial charge >= 0.3 is 23.1 Å². The Morgan fingerprint density at radius 1 is 0.493 bits per heavy atom. The van der Waals surface area contributed by atoms with Gasteiger partial charge in [0, 0.05) is 45.0 Å². The van der Waals surface area contributed by atoms with Gasteiger partial charge < -0.3 is 59.3 Å². The Labute approximate surface area is 956 Å². The van der Waals surface area contributed by atoms with Crippen LogP contribution in [0.25, 0.3) is 0 Å². The van der Waals surface area contributed by atoms with Gasteiger partial charge in [-0.3, -0.25) is 14.4 Å². The first kappa shape index (κ1) is 135. The second-order valence-electron chi connectivity index (χ2n) is 50.5. The number of carbonyl (C=O) groups is 3. The van der Waals surface area contributed by atoms with Crippen LogP contribution in [-0.4, -0.2) is 160 Å². The zero-order chi connectivity index (χ0) is 105. The molecule has 0 bridgehead atoms. The van der Waals surface area contributed by atoms with Crippen LogP contribution in [0.3, 0.4) is 0 Å². The molecule has 10 nitrogen and oxygen atoms in total. The molecular weight excluding hydrogens is 2110 g/mol. The summed E-state index contributed by atoms with van der Waals surface area (Å²) in [7, 11) is 11.0. The van der Waals surface area contributed by atoms with E-state index in [0.29, 0.717) is 69.3 Å². The summed E-state index contributed by atoms with van der Waals surface area (Å²) in [6, 6.07) is 0. The number of ketones is 3. The number of rotatable bonds is 8. The molecule has 824 valence electrons. The summed E-state index contributed by atoms with van der Waals surface area (Å²) in [5.74, 6) is 27.2. The van der Waals surface area contributed by atoms with Gasteiger partial charge in [0.15, 0.2) is 7.57 Å². The fraction of sp³-hybridized carbons (Fsp3) is 0.925. The smallest absolute Gasteiger partial charge is 1.00 e. The third-order valence-corrected chi connectivity index (χ3v) is 46.3. The van der Waals surface area contributed by atoms with Crippen LogP contribution >= 0.6 is 67.3 Å². The molecule has 2 radical (unpaired) electrons. The van der Waals surface area contributed by atoms with E-state index in [1.54, 1.807) is 18.1 Å². The molecule has 0 aromatic heterocycles. The Morgan fingerprint density at radius 2 is 0.771 bits per heavy atom. The van der Waals surface area contributed by atoms with Crippen LogP contribution in [0.1, 0.15) is 432 Å². The molecule has 6 N–H and O–H groups in total. The van der Waals surface area contributed by atoms with Crippen LogP contribution in [0.15, 0.2) is 23.3 Å². The molecule has 0 aromatic carbocycles. The largest absolute Gasteiger partial charge is 2.00 e. The fourth-order valence-electron chi connectivity index (χ4n) is 39.1. The minimum atomic E-state index is -0.377. The molecule has 1 heterocycles. The first-order valence-corrected chi connectivity index (χ1v) is 68.9. The Kier molecular flexibility index (Phi) is 59.8. The Balaban J connectivity index is 0.000000300. The van der Waals surface area contributed by atoms with Crippen LogP contribution in [0, 0.1) is 200 Å². The van der Waals surface area contributed by atoms with E-state index in [0.717, 1.165) is 287 Å². The van der Waals surface area contributed by atoms with Crippen molar-refractivity contribution in [3.05, 3.63) is 30.2 Å². The van der Waals surface area contributed by atoms with Gasteiger partial charge in [0.25, 0.3) is 0 Å². The standard InChI is InChI=1S/C22H35BrO2.C22H38O2.C22H36O2.C22H36O.C20H30O.C4H8O.C2H7P.C2H5.CH4O.CH3PS.CH2S.CH4.BPS.BrH.Mg.2HPS/c1-3-22(25)11-9-15-14(12-22)4-5-17-16(15)8-10-21(2)18(17)6-7-19(21)20(24)13-23;2*1-4-22(24)12-10-16-15(13-22)5-6-18-17(16)9-11-21(3)19(14(2)23)7-8-20(18)21;1-4-16-7-9-20-19-8-6-15-14-22(23,5-2)13-11-17(15)18(19)10-12-21(16,20)3;1-3-14-5-9-19-18-7-4-13-12-15(21)6-8-16(13)17(18)10-11-20(14,19)2;1-2-4-5-3-1;1-3-2;2*1-2;1-2-3;1-2;;1-2-3;;;2*1-2/h14-19,25H,3-13H2,1-2H3;14-20,23-24H,4-13H2,1-3H3;15-20,24H,4-13H2,1-3H3;4,15,17-20,23H,5-14H2,1-3H3;3,13,16-19H,4-12H2,1-2H3;1-4H2;3H,1-2H3;1H2,2H3;2H,1H3;1H3;1H2;1H4;;1H;;2*1H/q;;;;;;;-1;;;;;;;+2;;/p-1/t14-,15-,16+,17+,18-,19+,21-,22+;14?,15-,16-,17+,18+,19?,20-,21+,22+;15-,16-,17+,18+,19+,20-,21+,22+;15-,17-,18+,19+,20-,21+,22+;13-,16-,17+,18+,19-,20+;;;;;;;;;;;;/m00000............/s1/i;;;;;;;;;;;;;;;1D;. The van der Waals surface area contributed by atoms with Gasteiger partial charge in [-0.1, -0.05) is 176 Å². The van der Waals surface area contributed by atoms with Crippen LogP contribution in [-0.2, 0) is 66.3 Å². The van der Waals surface area contributed by atoms with Crippen molar-refractivity contribution in [1.29, 1.82) is 1.28 Å². The van der Waals surface area contributed by atoms with E-state index in [1.165, 1.54) is 225 Å². The number of alkyl halides is 1. The monoisotopic (exact) mass is 2320 g/mol. The molecule has 21 aliphatic rings. The summed E-state index contributed by atoms with van der Waals surface area (Å²) >= 11 is 23.7. The maximum absolute atomic E-state index is 12.5. The van der Waals surface area contributed by atoms with Crippen LogP contribution in [0.4, 0.5) is 0 Å². The van der Waals surface area contributed by atoms with Crippen molar-refractivity contribution in [1.82, 2.24) is 0 Å². The summed E-state index contributed by atoms with van der Waals surface area (Å²) in [5.41, 5.74) is 4.08. The molecule has 24 heteroatoms. The molecule has 0 aromatic rings. The average Bonchev–Trinajstić information content (AvgIpc) is 1.60. The predicted octanol–water partition coefficient (Wildman–Crippen LogP) is 28.7. The molecule has 0 spiro atoms.